The first-order chi connectivity index (χ1) is 12.3. The molecule has 0 atom stereocenters. The highest BCUT2D eigenvalue weighted by Gasteiger charge is 2.07. The number of amides is 2. The SMILES string of the molecule is NC(N)=NC(=O)c1ccc(CCc2cccc(C(=O)N=C(N)N)c2)cc1. The van der Waals surface area contributed by atoms with Crippen molar-refractivity contribution in [3.8, 4) is 0 Å². The highest BCUT2D eigenvalue weighted by Crippen LogP contribution is 2.12. The van der Waals surface area contributed by atoms with E-state index in [0.29, 0.717) is 17.5 Å². The first-order valence-corrected chi connectivity index (χ1v) is 7.81. The second kappa shape index (κ2) is 8.43. The molecule has 0 saturated carbocycles. The monoisotopic (exact) mass is 352 g/mol. The fraction of sp³-hybridized carbons (Fsp3) is 0.111. The molecule has 2 aromatic rings. The Morgan fingerprint density at radius 1 is 0.692 bits per heavy atom. The topological polar surface area (TPSA) is 163 Å². The van der Waals surface area contributed by atoms with E-state index in [2.05, 4.69) is 9.98 Å². The van der Waals surface area contributed by atoms with E-state index in [0.717, 1.165) is 17.5 Å². The highest BCUT2D eigenvalue weighted by atomic mass is 16.1. The summed E-state index contributed by atoms with van der Waals surface area (Å²) in [6.07, 6.45) is 1.45. The molecule has 0 aliphatic carbocycles. The maximum absolute atomic E-state index is 11.9. The second-order valence-electron chi connectivity index (χ2n) is 5.58. The van der Waals surface area contributed by atoms with Gasteiger partial charge in [0.2, 0.25) is 0 Å². The molecule has 0 heterocycles. The standard InChI is InChI=1S/C18H20N6O2/c19-17(20)23-15(25)13-8-6-11(7-9-13)4-5-12-2-1-3-14(10-12)16(26)24-18(21)22/h1-3,6-10H,4-5H2,(H4,19,20,23,25)(H4,21,22,24,26). The number of nitrogens with two attached hydrogens (primary N) is 4. The van der Waals surface area contributed by atoms with Gasteiger partial charge < -0.3 is 22.9 Å². The van der Waals surface area contributed by atoms with Gasteiger partial charge in [-0.3, -0.25) is 9.59 Å². The zero-order chi connectivity index (χ0) is 19.1. The number of carbonyl (C=O) groups is 2. The lowest BCUT2D eigenvalue weighted by Gasteiger charge is -2.05. The lowest BCUT2D eigenvalue weighted by Crippen LogP contribution is -2.24. The van der Waals surface area contributed by atoms with Crippen LogP contribution in [0.1, 0.15) is 31.8 Å². The van der Waals surface area contributed by atoms with Crippen molar-refractivity contribution in [3.05, 3.63) is 70.8 Å². The van der Waals surface area contributed by atoms with Gasteiger partial charge in [0.25, 0.3) is 11.8 Å². The van der Waals surface area contributed by atoms with Crippen LogP contribution < -0.4 is 22.9 Å². The van der Waals surface area contributed by atoms with E-state index in [9.17, 15) is 9.59 Å². The summed E-state index contributed by atoms with van der Waals surface area (Å²) in [4.78, 5) is 30.6. The Labute approximate surface area is 150 Å². The third-order valence-electron chi connectivity index (χ3n) is 3.54. The Morgan fingerprint density at radius 2 is 1.23 bits per heavy atom. The van der Waals surface area contributed by atoms with Crippen LogP contribution in [-0.4, -0.2) is 23.7 Å². The van der Waals surface area contributed by atoms with Gasteiger partial charge in [0.05, 0.1) is 0 Å². The summed E-state index contributed by atoms with van der Waals surface area (Å²) in [5.41, 5.74) is 23.7. The molecule has 26 heavy (non-hydrogen) atoms. The van der Waals surface area contributed by atoms with E-state index < -0.39 is 11.8 Å². The number of hydrogen-bond donors (Lipinski definition) is 4. The summed E-state index contributed by atoms with van der Waals surface area (Å²) >= 11 is 0. The van der Waals surface area contributed by atoms with E-state index in [1.54, 1.807) is 30.3 Å². The van der Waals surface area contributed by atoms with Crippen molar-refractivity contribution in [2.24, 2.45) is 32.9 Å². The molecule has 2 rings (SSSR count). The van der Waals surface area contributed by atoms with Gasteiger partial charge in [0.1, 0.15) is 0 Å². The zero-order valence-electron chi connectivity index (χ0n) is 14.1. The maximum Gasteiger partial charge on any atom is 0.280 e. The summed E-state index contributed by atoms with van der Waals surface area (Å²) in [7, 11) is 0. The van der Waals surface area contributed by atoms with Crippen LogP contribution in [0.5, 0.6) is 0 Å². The number of carbonyl (C=O) groups excluding carboxylic acids is 2. The minimum absolute atomic E-state index is 0.268. The quantitative estimate of drug-likeness (QED) is 0.446. The van der Waals surface area contributed by atoms with Crippen LogP contribution in [0.4, 0.5) is 0 Å². The Hall–Kier alpha value is -3.68. The number of benzene rings is 2. The molecule has 0 radical (unpaired) electrons. The number of guanidine groups is 2. The first kappa shape index (κ1) is 18.7. The van der Waals surface area contributed by atoms with Gasteiger partial charge in [-0.2, -0.15) is 9.98 Å². The van der Waals surface area contributed by atoms with E-state index >= 15 is 0 Å². The van der Waals surface area contributed by atoms with Crippen molar-refractivity contribution in [2.45, 2.75) is 12.8 Å². The minimum Gasteiger partial charge on any atom is -0.370 e. The van der Waals surface area contributed by atoms with Crippen LogP contribution in [0.2, 0.25) is 0 Å². The van der Waals surface area contributed by atoms with Gasteiger partial charge in [-0.1, -0.05) is 24.3 Å². The predicted octanol–water partition coefficient (Wildman–Crippen LogP) is 0.299. The van der Waals surface area contributed by atoms with Gasteiger partial charge in [-0.15, -0.1) is 0 Å². The van der Waals surface area contributed by atoms with Crippen molar-refractivity contribution in [1.29, 1.82) is 0 Å². The Bertz CT molecular complexity index is 864. The van der Waals surface area contributed by atoms with Crippen LogP contribution in [0, 0.1) is 0 Å². The lowest BCUT2D eigenvalue weighted by atomic mass is 10.0. The number of rotatable bonds is 5. The summed E-state index contributed by atoms with van der Waals surface area (Å²) in [5, 5.41) is 0. The van der Waals surface area contributed by atoms with E-state index in [1.807, 2.05) is 18.2 Å². The van der Waals surface area contributed by atoms with Crippen molar-refractivity contribution in [2.75, 3.05) is 0 Å². The van der Waals surface area contributed by atoms with Crippen LogP contribution in [0.3, 0.4) is 0 Å². The van der Waals surface area contributed by atoms with Crippen molar-refractivity contribution < 1.29 is 9.59 Å². The van der Waals surface area contributed by atoms with Crippen molar-refractivity contribution >= 4 is 23.7 Å². The molecule has 0 bridgehead atoms. The number of aryl methyl sites for hydroxylation is 2. The van der Waals surface area contributed by atoms with E-state index in [4.69, 9.17) is 22.9 Å². The Morgan fingerprint density at radius 3 is 1.81 bits per heavy atom. The van der Waals surface area contributed by atoms with E-state index in [-0.39, 0.29) is 11.9 Å². The zero-order valence-corrected chi connectivity index (χ0v) is 14.1. The normalized spacial score (nSPS) is 10.0. The molecule has 0 aliphatic rings. The molecule has 0 aromatic heterocycles. The Balaban J connectivity index is 2.03. The maximum atomic E-state index is 11.9. The largest absolute Gasteiger partial charge is 0.370 e. The van der Waals surface area contributed by atoms with Crippen LogP contribution in [0.15, 0.2) is 58.5 Å². The van der Waals surface area contributed by atoms with Crippen molar-refractivity contribution in [3.63, 3.8) is 0 Å². The molecule has 8 N–H and O–H groups in total. The third-order valence-corrected chi connectivity index (χ3v) is 3.54. The molecule has 0 aliphatic heterocycles. The molecule has 0 fully saturated rings. The van der Waals surface area contributed by atoms with Gasteiger partial charge >= 0.3 is 0 Å². The van der Waals surface area contributed by atoms with Gasteiger partial charge in [-0.25, -0.2) is 0 Å². The molecule has 8 nitrogen and oxygen atoms in total. The number of hydrogen-bond acceptors (Lipinski definition) is 2. The molecule has 2 aromatic carbocycles. The molecule has 0 saturated heterocycles. The summed E-state index contributed by atoms with van der Waals surface area (Å²) in [5.74, 6) is -1.50. The summed E-state index contributed by atoms with van der Waals surface area (Å²) in [6, 6.07) is 14.1. The van der Waals surface area contributed by atoms with Crippen LogP contribution >= 0.6 is 0 Å². The van der Waals surface area contributed by atoms with Gasteiger partial charge in [0.15, 0.2) is 11.9 Å². The van der Waals surface area contributed by atoms with Gasteiger partial charge in [0, 0.05) is 11.1 Å². The van der Waals surface area contributed by atoms with Crippen LogP contribution in [-0.2, 0) is 12.8 Å². The fourth-order valence-corrected chi connectivity index (χ4v) is 2.33. The second-order valence-corrected chi connectivity index (χ2v) is 5.58. The molecule has 8 heteroatoms. The predicted molar refractivity (Wildman–Crippen MR) is 101 cm³/mol. The Kier molecular flexibility index (Phi) is 6.05. The average Bonchev–Trinajstić information content (AvgIpc) is 2.59. The molecule has 0 spiro atoms. The summed E-state index contributed by atoms with van der Waals surface area (Å²) in [6.45, 7) is 0. The average molecular weight is 352 g/mol. The summed E-state index contributed by atoms with van der Waals surface area (Å²) < 4.78 is 0. The van der Waals surface area contributed by atoms with Gasteiger partial charge in [-0.05, 0) is 48.2 Å². The van der Waals surface area contributed by atoms with E-state index in [1.165, 1.54) is 0 Å². The number of nitrogens with zero attached hydrogens (tertiary/aromatic N) is 2. The molecule has 2 amide bonds. The fourth-order valence-electron chi connectivity index (χ4n) is 2.33. The first-order valence-electron chi connectivity index (χ1n) is 7.81. The highest BCUT2D eigenvalue weighted by molar-refractivity contribution is 6.02. The third kappa shape index (κ3) is 5.45. The molecular weight excluding hydrogens is 332 g/mol. The lowest BCUT2D eigenvalue weighted by molar-refractivity contribution is 0.0994. The molecular formula is C18H20N6O2. The number of aliphatic imine (C=N–C) groups is 2. The van der Waals surface area contributed by atoms with Crippen molar-refractivity contribution in [1.82, 2.24) is 0 Å². The molecule has 134 valence electrons. The molecule has 0 unspecified atom stereocenters. The smallest absolute Gasteiger partial charge is 0.280 e. The minimum atomic E-state index is -0.484. The van der Waals surface area contributed by atoms with Crippen LogP contribution in [0.25, 0.3) is 0 Å².